The van der Waals surface area contributed by atoms with E-state index in [1.165, 1.54) is 0 Å². The average Bonchev–Trinajstić information content (AvgIpc) is 3.44. The molecule has 0 bridgehead atoms. The van der Waals surface area contributed by atoms with Gasteiger partial charge < -0.3 is 29.2 Å². The number of hydrogen-bond donors (Lipinski definition) is 1. The van der Waals surface area contributed by atoms with Gasteiger partial charge in [-0.2, -0.15) is 0 Å². The predicted octanol–water partition coefficient (Wildman–Crippen LogP) is 2.98. The average molecular weight is 463 g/mol. The summed E-state index contributed by atoms with van der Waals surface area (Å²) < 4.78 is 21.7. The maximum absolute atomic E-state index is 13.7. The summed E-state index contributed by atoms with van der Waals surface area (Å²) in [5.41, 5.74) is 2.80. The van der Waals surface area contributed by atoms with E-state index in [-0.39, 0.29) is 18.7 Å². The summed E-state index contributed by atoms with van der Waals surface area (Å²) in [6, 6.07) is 10.0. The Balaban J connectivity index is 1.50. The Hall–Kier alpha value is -4.14. The molecular weight excluding hydrogens is 438 g/mol. The number of carbonyl (C=O) groups excluding carboxylic acids is 2. The smallest absolute Gasteiger partial charge is 0.322 e. The van der Waals surface area contributed by atoms with Crippen LogP contribution in [0.5, 0.6) is 23.0 Å². The van der Waals surface area contributed by atoms with Gasteiger partial charge in [-0.15, -0.1) is 6.58 Å². The number of hydrogen-bond acceptors (Lipinski definition) is 6. The number of benzene rings is 2. The Morgan fingerprint density at radius 3 is 2.53 bits per heavy atom. The highest BCUT2D eigenvalue weighted by molar-refractivity contribution is 6.01. The first kappa shape index (κ1) is 21.7. The molecule has 34 heavy (non-hydrogen) atoms. The number of nitrogens with zero attached hydrogens (tertiary/aromatic N) is 2. The van der Waals surface area contributed by atoms with Crippen LogP contribution in [0, 0.1) is 0 Å². The molecule has 2 aromatic rings. The molecule has 9 nitrogen and oxygen atoms in total. The number of fused-ring (bicyclic) bond motifs is 1. The second-order valence-corrected chi connectivity index (χ2v) is 8.14. The molecule has 3 aliphatic rings. The van der Waals surface area contributed by atoms with E-state index >= 15 is 0 Å². The van der Waals surface area contributed by atoms with E-state index < -0.39 is 6.04 Å². The Labute approximate surface area is 197 Å². The Bertz CT molecular complexity index is 1180. The minimum atomic E-state index is -0.637. The quantitative estimate of drug-likeness (QED) is 0.635. The van der Waals surface area contributed by atoms with Crippen LogP contribution >= 0.6 is 0 Å². The maximum atomic E-state index is 13.7. The lowest BCUT2D eigenvalue weighted by Gasteiger charge is -2.33. The molecule has 0 fully saturated rings. The molecule has 2 aromatic carbocycles. The lowest BCUT2D eigenvalue weighted by Crippen LogP contribution is -2.47. The minimum Gasteiger partial charge on any atom is -0.497 e. The van der Waals surface area contributed by atoms with Gasteiger partial charge in [-0.3, -0.25) is 9.69 Å². The number of urea groups is 1. The SMILES string of the molecule is C=CCN1C(=O)NC(c2cc(OC)cc(OC)c2)C2=C1CN(Cc1ccc3c(c1)OCO3)C2=O. The zero-order valence-corrected chi connectivity index (χ0v) is 19.0. The van der Waals surface area contributed by atoms with Gasteiger partial charge in [0.25, 0.3) is 5.91 Å². The standard InChI is InChI=1S/C25H25N3O6/c1-4-7-28-19-13-27(12-15-5-6-20-21(8-15)34-14-33-20)24(29)22(19)23(26-25(28)30)16-9-17(31-2)11-18(10-16)32-3/h4-6,8-11,23H,1,7,12-14H2,2-3H3,(H,26,30). The molecule has 176 valence electrons. The van der Waals surface area contributed by atoms with Crippen LogP contribution in [0.1, 0.15) is 17.2 Å². The molecule has 5 rings (SSSR count). The second-order valence-electron chi connectivity index (χ2n) is 8.14. The van der Waals surface area contributed by atoms with Crippen molar-refractivity contribution < 1.29 is 28.5 Å². The van der Waals surface area contributed by atoms with E-state index in [1.54, 1.807) is 48.3 Å². The second kappa shape index (κ2) is 8.66. The monoisotopic (exact) mass is 463 g/mol. The molecule has 1 N–H and O–H groups in total. The number of methoxy groups -OCH3 is 2. The van der Waals surface area contributed by atoms with Gasteiger partial charge >= 0.3 is 6.03 Å². The summed E-state index contributed by atoms with van der Waals surface area (Å²) in [4.78, 5) is 30.0. The van der Waals surface area contributed by atoms with Gasteiger partial charge in [-0.1, -0.05) is 12.1 Å². The zero-order valence-electron chi connectivity index (χ0n) is 19.0. The summed E-state index contributed by atoms with van der Waals surface area (Å²) in [5, 5.41) is 2.98. The summed E-state index contributed by atoms with van der Waals surface area (Å²) in [6.07, 6.45) is 1.64. The van der Waals surface area contributed by atoms with Gasteiger partial charge in [-0.25, -0.2) is 4.79 Å². The Morgan fingerprint density at radius 2 is 1.82 bits per heavy atom. The molecule has 0 saturated heterocycles. The van der Waals surface area contributed by atoms with Crippen LogP contribution in [0.25, 0.3) is 0 Å². The van der Waals surface area contributed by atoms with Gasteiger partial charge in [0.15, 0.2) is 11.5 Å². The van der Waals surface area contributed by atoms with Crippen molar-refractivity contribution >= 4 is 11.9 Å². The summed E-state index contributed by atoms with van der Waals surface area (Å²) >= 11 is 0. The molecule has 0 aromatic heterocycles. The fraction of sp³-hybridized carbons (Fsp3) is 0.280. The van der Waals surface area contributed by atoms with Crippen molar-refractivity contribution in [3.63, 3.8) is 0 Å². The van der Waals surface area contributed by atoms with Crippen molar-refractivity contribution in [2.24, 2.45) is 0 Å². The summed E-state index contributed by atoms with van der Waals surface area (Å²) in [7, 11) is 3.12. The predicted molar refractivity (Wildman–Crippen MR) is 123 cm³/mol. The normalized spacial score (nSPS) is 18.7. The van der Waals surface area contributed by atoms with Crippen LogP contribution in [-0.2, 0) is 11.3 Å². The van der Waals surface area contributed by atoms with Crippen LogP contribution in [-0.4, -0.2) is 55.8 Å². The minimum absolute atomic E-state index is 0.145. The lowest BCUT2D eigenvalue weighted by atomic mass is 9.95. The van der Waals surface area contributed by atoms with Gasteiger partial charge in [0.1, 0.15) is 11.5 Å². The van der Waals surface area contributed by atoms with E-state index in [2.05, 4.69) is 11.9 Å². The van der Waals surface area contributed by atoms with Crippen LogP contribution in [0.15, 0.2) is 60.3 Å². The molecule has 3 aliphatic heterocycles. The number of carbonyl (C=O) groups is 2. The van der Waals surface area contributed by atoms with Crippen molar-refractivity contribution in [1.29, 1.82) is 0 Å². The molecule has 0 spiro atoms. The van der Waals surface area contributed by atoms with Crippen molar-refractivity contribution in [3.05, 3.63) is 71.5 Å². The van der Waals surface area contributed by atoms with Gasteiger partial charge in [0.2, 0.25) is 6.79 Å². The van der Waals surface area contributed by atoms with Crippen molar-refractivity contribution in [2.45, 2.75) is 12.6 Å². The third-order valence-electron chi connectivity index (χ3n) is 6.13. The number of amides is 3. The molecule has 0 aliphatic carbocycles. The molecule has 1 unspecified atom stereocenters. The number of ether oxygens (including phenoxy) is 4. The highest BCUT2D eigenvalue weighted by Gasteiger charge is 2.44. The molecule has 0 radical (unpaired) electrons. The topological polar surface area (TPSA) is 89.6 Å². The van der Waals surface area contributed by atoms with Crippen LogP contribution in [0.3, 0.4) is 0 Å². The molecule has 3 amide bonds. The van der Waals surface area contributed by atoms with Gasteiger partial charge in [0, 0.05) is 19.2 Å². The zero-order chi connectivity index (χ0) is 23.8. The van der Waals surface area contributed by atoms with E-state index in [4.69, 9.17) is 18.9 Å². The highest BCUT2D eigenvalue weighted by atomic mass is 16.7. The third kappa shape index (κ3) is 3.68. The van der Waals surface area contributed by atoms with Crippen molar-refractivity contribution in [3.8, 4) is 23.0 Å². The Morgan fingerprint density at radius 1 is 1.09 bits per heavy atom. The number of nitrogens with one attached hydrogen (secondary N) is 1. The first-order valence-electron chi connectivity index (χ1n) is 10.8. The summed E-state index contributed by atoms with van der Waals surface area (Å²) in [5.74, 6) is 2.35. The molecule has 0 saturated carbocycles. The van der Waals surface area contributed by atoms with E-state index in [0.29, 0.717) is 59.5 Å². The molecule has 9 heteroatoms. The van der Waals surface area contributed by atoms with E-state index in [0.717, 1.165) is 5.56 Å². The first-order valence-corrected chi connectivity index (χ1v) is 10.8. The van der Waals surface area contributed by atoms with Crippen molar-refractivity contribution in [2.75, 3.05) is 34.1 Å². The summed E-state index contributed by atoms with van der Waals surface area (Å²) in [6.45, 7) is 4.92. The lowest BCUT2D eigenvalue weighted by molar-refractivity contribution is -0.126. The third-order valence-corrected chi connectivity index (χ3v) is 6.13. The maximum Gasteiger partial charge on any atom is 0.322 e. The number of rotatable bonds is 7. The molecule has 1 atom stereocenters. The van der Waals surface area contributed by atoms with Crippen LogP contribution in [0.4, 0.5) is 4.79 Å². The molecule has 3 heterocycles. The Kier molecular flexibility index (Phi) is 5.53. The van der Waals surface area contributed by atoms with Crippen LogP contribution < -0.4 is 24.3 Å². The van der Waals surface area contributed by atoms with Gasteiger partial charge in [0.05, 0.1) is 38.1 Å². The van der Waals surface area contributed by atoms with E-state index in [1.807, 2.05) is 18.2 Å². The molecular formula is C25H25N3O6. The first-order chi connectivity index (χ1) is 16.5. The van der Waals surface area contributed by atoms with Crippen molar-refractivity contribution in [1.82, 2.24) is 15.1 Å². The largest absolute Gasteiger partial charge is 0.497 e. The van der Waals surface area contributed by atoms with Crippen LogP contribution in [0.2, 0.25) is 0 Å². The van der Waals surface area contributed by atoms with Gasteiger partial charge in [-0.05, 0) is 35.4 Å². The van der Waals surface area contributed by atoms with E-state index in [9.17, 15) is 9.59 Å². The fourth-order valence-electron chi connectivity index (χ4n) is 4.50. The fourth-order valence-corrected chi connectivity index (χ4v) is 4.50. The highest BCUT2D eigenvalue weighted by Crippen LogP contribution is 2.39.